The molecule has 1 unspecified atom stereocenters. The Bertz CT molecular complexity index is 999. The molecule has 0 radical (unpaired) electrons. The van der Waals surface area contributed by atoms with Crippen molar-refractivity contribution in [1.29, 1.82) is 0 Å². The highest BCUT2D eigenvalue weighted by molar-refractivity contribution is 6.22. The molecule has 1 N–H and O–H groups in total. The lowest BCUT2D eigenvalue weighted by atomic mass is 10.1. The SMILES string of the molecule is CCc1ccc(NC(=O)CC2C(=O)N(c3cccc(OC)c3)C(=O)N2C2CCCC2)cc1. The number of nitrogens with one attached hydrogen (secondary N) is 1. The molecule has 1 aliphatic heterocycles. The second-order valence-corrected chi connectivity index (χ2v) is 8.32. The molecule has 168 valence electrons. The topological polar surface area (TPSA) is 79.0 Å². The van der Waals surface area contributed by atoms with Crippen LogP contribution in [0.3, 0.4) is 0 Å². The van der Waals surface area contributed by atoms with Crippen LogP contribution in [0, 0.1) is 0 Å². The van der Waals surface area contributed by atoms with Gasteiger partial charge in [-0.15, -0.1) is 0 Å². The van der Waals surface area contributed by atoms with Gasteiger partial charge in [0.15, 0.2) is 0 Å². The minimum absolute atomic E-state index is 0.0244. The molecular formula is C25H29N3O4. The van der Waals surface area contributed by atoms with E-state index in [1.165, 1.54) is 17.6 Å². The highest BCUT2D eigenvalue weighted by Gasteiger charge is 2.49. The first-order chi connectivity index (χ1) is 15.5. The number of benzene rings is 2. The van der Waals surface area contributed by atoms with Gasteiger partial charge in [0, 0.05) is 17.8 Å². The third-order valence-corrected chi connectivity index (χ3v) is 6.31. The molecule has 0 aromatic heterocycles. The molecule has 2 fully saturated rings. The molecule has 7 heteroatoms. The van der Waals surface area contributed by atoms with E-state index in [2.05, 4.69) is 12.2 Å². The Kier molecular flexibility index (Phi) is 6.44. The number of ether oxygens (including phenoxy) is 1. The van der Waals surface area contributed by atoms with Crippen molar-refractivity contribution in [2.45, 2.75) is 57.5 Å². The number of rotatable bonds is 7. The number of aryl methyl sites for hydroxylation is 1. The van der Waals surface area contributed by atoms with Crippen LogP contribution in [-0.2, 0) is 16.0 Å². The quantitative estimate of drug-likeness (QED) is 0.655. The minimum atomic E-state index is -0.813. The normalized spacial score (nSPS) is 19.0. The second kappa shape index (κ2) is 9.42. The highest BCUT2D eigenvalue weighted by Crippen LogP contribution is 2.35. The Morgan fingerprint density at radius 2 is 1.81 bits per heavy atom. The maximum absolute atomic E-state index is 13.4. The Morgan fingerprint density at radius 3 is 2.47 bits per heavy atom. The van der Waals surface area contributed by atoms with Gasteiger partial charge in [-0.25, -0.2) is 9.69 Å². The van der Waals surface area contributed by atoms with Crippen LogP contribution in [0.25, 0.3) is 0 Å². The van der Waals surface area contributed by atoms with Crippen LogP contribution in [0.5, 0.6) is 5.75 Å². The van der Waals surface area contributed by atoms with Gasteiger partial charge in [0.1, 0.15) is 11.8 Å². The molecule has 32 heavy (non-hydrogen) atoms. The number of imide groups is 1. The highest BCUT2D eigenvalue weighted by atomic mass is 16.5. The molecule has 1 saturated carbocycles. The number of hydrogen-bond acceptors (Lipinski definition) is 4. The Morgan fingerprint density at radius 1 is 1.09 bits per heavy atom. The van der Waals surface area contributed by atoms with E-state index in [0.29, 0.717) is 17.1 Å². The molecule has 1 aliphatic carbocycles. The summed E-state index contributed by atoms with van der Waals surface area (Å²) in [5.74, 6) is -0.0882. The summed E-state index contributed by atoms with van der Waals surface area (Å²) < 4.78 is 5.26. The first-order valence-electron chi connectivity index (χ1n) is 11.2. The van der Waals surface area contributed by atoms with Gasteiger partial charge in [0.05, 0.1) is 19.2 Å². The van der Waals surface area contributed by atoms with Gasteiger partial charge < -0.3 is 15.0 Å². The van der Waals surface area contributed by atoms with Crippen LogP contribution in [0.1, 0.15) is 44.6 Å². The average Bonchev–Trinajstić information content (AvgIpc) is 3.41. The van der Waals surface area contributed by atoms with Gasteiger partial charge in [0.2, 0.25) is 5.91 Å². The van der Waals surface area contributed by atoms with E-state index >= 15 is 0 Å². The molecule has 4 amide bonds. The van der Waals surface area contributed by atoms with Crippen molar-refractivity contribution >= 4 is 29.2 Å². The summed E-state index contributed by atoms with van der Waals surface area (Å²) in [6.07, 6.45) is 4.58. The summed E-state index contributed by atoms with van der Waals surface area (Å²) in [4.78, 5) is 42.4. The predicted molar refractivity (Wildman–Crippen MR) is 123 cm³/mol. The summed E-state index contributed by atoms with van der Waals surface area (Å²) in [5.41, 5.74) is 2.32. The fourth-order valence-corrected chi connectivity index (χ4v) is 4.59. The summed E-state index contributed by atoms with van der Waals surface area (Å²) in [7, 11) is 1.54. The van der Waals surface area contributed by atoms with Crippen LogP contribution in [0.15, 0.2) is 48.5 Å². The molecule has 1 heterocycles. The van der Waals surface area contributed by atoms with Crippen molar-refractivity contribution in [3.63, 3.8) is 0 Å². The Labute approximate surface area is 188 Å². The van der Waals surface area contributed by atoms with Crippen molar-refractivity contribution in [2.75, 3.05) is 17.3 Å². The van der Waals surface area contributed by atoms with Crippen LogP contribution < -0.4 is 15.0 Å². The Balaban J connectivity index is 1.56. The molecule has 1 saturated heterocycles. The first-order valence-corrected chi connectivity index (χ1v) is 11.2. The van der Waals surface area contributed by atoms with Crippen molar-refractivity contribution in [1.82, 2.24) is 4.90 Å². The monoisotopic (exact) mass is 435 g/mol. The molecule has 2 aliphatic rings. The maximum atomic E-state index is 13.4. The predicted octanol–water partition coefficient (Wildman–Crippen LogP) is 4.37. The number of amides is 4. The van der Waals surface area contributed by atoms with Crippen LogP contribution in [0.2, 0.25) is 0 Å². The zero-order chi connectivity index (χ0) is 22.7. The average molecular weight is 436 g/mol. The smallest absolute Gasteiger partial charge is 0.332 e. The van der Waals surface area contributed by atoms with Crippen LogP contribution >= 0.6 is 0 Å². The maximum Gasteiger partial charge on any atom is 0.332 e. The number of nitrogens with zero attached hydrogens (tertiary/aromatic N) is 2. The zero-order valence-corrected chi connectivity index (χ0v) is 18.5. The number of carbonyl (C=O) groups is 3. The lowest BCUT2D eigenvalue weighted by molar-refractivity contribution is -0.124. The first kappa shape index (κ1) is 21.9. The zero-order valence-electron chi connectivity index (χ0n) is 18.5. The molecule has 2 aromatic carbocycles. The van der Waals surface area contributed by atoms with E-state index in [1.807, 2.05) is 24.3 Å². The summed E-state index contributed by atoms with van der Waals surface area (Å²) in [6.45, 7) is 2.07. The van der Waals surface area contributed by atoms with Crippen LogP contribution in [0.4, 0.5) is 16.2 Å². The lowest BCUT2D eigenvalue weighted by Gasteiger charge is -2.27. The van der Waals surface area contributed by atoms with Gasteiger partial charge in [0.25, 0.3) is 5.91 Å². The van der Waals surface area contributed by atoms with Gasteiger partial charge in [-0.3, -0.25) is 9.59 Å². The van der Waals surface area contributed by atoms with Crippen molar-refractivity contribution in [3.8, 4) is 5.75 Å². The molecule has 2 aromatic rings. The fraction of sp³-hybridized carbons (Fsp3) is 0.400. The van der Waals surface area contributed by atoms with E-state index in [-0.39, 0.29) is 30.3 Å². The van der Waals surface area contributed by atoms with Crippen LogP contribution in [-0.4, -0.2) is 41.9 Å². The van der Waals surface area contributed by atoms with Gasteiger partial charge in [-0.05, 0) is 49.1 Å². The largest absolute Gasteiger partial charge is 0.497 e. The third kappa shape index (κ3) is 4.33. The molecule has 7 nitrogen and oxygen atoms in total. The van der Waals surface area contributed by atoms with Crippen molar-refractivity contribution in [3.05, 3.63) is 54.1 Å². The fourth-order valence-electron chi connectivity index (χ4n) is 4.59. The molecular weight excluding hydrogens is 406 g/mol. The van der Waals surface area contributed by atoms with Gasteiger partial charge >= 0.3 is 6.03 Å². The number of carbonyl (C=O) groups excluding carboxylic acids is 3. The Hall–Kier alpha value is -3.35. The molecule has 0 bridgehead atoms. The number of hydrogen-bond donors (Lipinski definition) is 1. The molecule has 4 rings (SSSR count). The van der Waals surface area contributed by atoms with E-state index in [0.717, 1.165) is 32.1 Å². The van der Waals surface area contributed by atoms with E-state index < -0.39 is 6.04 Å². The molecule has 0 spiro atoms. The van der Waals surface area contributed by atoms with E-state index in [4.69, 9.17) is 4.74 Å². The third-order valence-electron chi connectivity index (χ3n) is 6.31. The summed E-state index contributed by atoms with van der Waals surface area (Å²) in [5, 5.41) is 2.87. The second-order valence-electron chi connectivity index (χ2n) is 8.32. The van der Waals surface area contributed by atoms with E-state index in [9.17, 15) is 14.4 Å². The summed E-state index contributed by atoms with van der Waals surface area (Å²) >= 11 is 0. The summed E-state index contributed by atoms with van der Waals surface area (Å²) in [6, 6.07) is 13.3. The van der Waals surface area contributed by atoms with E-state index in [1.54, 1.807) is 29.2 Å². The number of urea groups is 1. The van der Waals surface area contributed by atoms with Crippen molar-refractivity contribution < 1.29 is 19.1 Å². The minimum Gasteiger partial charge on any atom is -0.497 e. The van der Waals surface area contributed by atoms with Gasteiger partial charge in [-0.1, -0.05) is 38.0 Å². The standard InChI is InChI=1S/C25H29N3O4/c1-3-17-11-13-18(14-12-17)26-23(29)16-22-24(30)28(20-9-6-10-21(15-20)32-2)25(31)27(22)19-7-4-5-8-19/h6,9-15,19,22H,3-5,7-8,16H2,1-2H3,(H,26,29). The van der Waals surface area contributed by atoms with Gasteiger partial charge in [-0.2, -0.15) is 0 Å². The number of anilines is 2. The lowest BCUT2D eigenvalue weighted by Crippen LogP contribution is -2.43. The number of methoxy groups -OCH3 is 1. The van der Waals surface area contributed by atoms with Crippen molar-refractivity contribution in [2.24, 2.45) is 0 Å². The molecule has 1 atom stereocenters.